The Labute approximate surface area is 143 Å². The van der Waals surface area contributed by atoms with Crippen molar-refractivity contribution in [2.45, 2.75) is 32.1 Å². The van der Waals surface area contributed by atoms with Gasteiger partial charge in [-0.2, -0.15) is 5.10 Å². The number of rotatable bonds is 3. The van der Waals surface area contributed by atoms with Gasteiger partial charge in [-0.15, -0.1) is 5.10 Å². The fourth-order valence-electron chi connectivity index (χ4n) is 4.11. The molecule has 0 N–H and O–H groups in total. The van der Waals surface area contributed by atoms with Crippen LogP contribution in [0.15, 0.2) is 30.5 Å². The normalized spacial score (nSPS) is 23.6. The number of methoxy groups -OCH3 is 1. The lowest BCUT2D eigenvalue weighted by Crippen LogP contribution is -2.42. The van der Waals surface area contributed by atoms with Crippen molar-refractivity contribution in [1.82, 2.24) is 15.2 Å². The molecule has 1 aromatic carbocycles. The highest BCUT2D eigenvalue weighted by Gasteiger charge is 2.32. The lowest BCUT2D eigenvalue weighted by Gasteiger charge is -2.41. The van der Waals surface area contributed by atoms with Crippen LogP contribution in [0, 0.1) is 11.8 Å². The van der Waals surface area contributed by atoms with Crippen LogP contribution in [0.5, 0.6) is 5.75 Å². The molecule has 1 saturated carbocycles. The second-order valence-corrected chi connectivity index (χ2v) is 6.91. The number of hydrogen-bond acceptors (Lipinski definition) is 5. The summed E-state index contributed by atoms with van der Waals surface area (Å²) in [4.78, 5) is 7.10. The largest absolute Gasteiger partial charge is 0.497 e. The van der Waals surface area contributed by atoms with Crippen molar-refractivity contribution in [2.75, 3.05) is 25.1 Å². The Balaban J connectivity index is 1.53. The van der Waals surface area contributed by atoms with Crippen LogP contribution in [0.4, 0.5) is 5.95 Å². The van der Waals surface area contributed by atoms with Gasteiger partial charge in [-0.3, -0.25) is 0 Å². The molecule has 0 bridgehead atoms. The second-order valence-electron chi connectivity index (χ2n) is 6.91. The molecule has 1 aliphatic carbocycles. The SMILES string of the molecule is COc1ccc(-c2cnnc(N3CC[C@@H]4CCCC[C@H]4C3)n2)cc1. The van der Waals surface area contributed by atoms with Gasteiger partial charge in [-0.05, 0) is 48.9 Å². The number of ether oxygens (including phenoxy) is 1. The molecule has 24 heavy (non-hydrogen) atoms. The maximum absolute atomic E-state index is 5.22. The van der Waals surface area contributed by atoms with Crippen molar-refractivity contribution >= 4 is 5.95 Å². The van der Waals surface area contributed by atoms with Crippen LogP contribution in [0.1, 0.15) is 32.1 Å². The van der Waals surface area contributed by atoms with Gasteiger partial charge < -0.3 is 9.64 Å². The zero-order valence-corrected chi connectivity index (χ0v) is 14.2. The first kappa shape index (κ1) is 15.4. The Morgan fingerprint density at radius 2 is 1.83 bits per heavy atom. The first-order valence-corrected chi connectivity index (χ1v) is 8.92. The molecule has 1 saturated heterocycles. The molecule has 4 rings (SSSR count). The van der Waals surface area contributed by atoms with Crippen LogP contribution in [0.2, 0.25) is 0 Å². The average Bonchev–Trinajstić information content (AvgIpc) is 2.68. The summed E-state index contributed by atoms with van der Waals surface area (Å²) >= 11 is 0. The molecule has 0 spiro atoms. The summed E-state index contributed by atoms with van der Waals surface area (Å²) in [6.07, 6.45) is 8.54. The van der Waals surface area contributed by atoms with E-state index in [-0.39, 0.29) is 0 Å². The van der Waals surface area contributed by atoms with Crippen molar-refractivity contribution in [1.29, 1.82) is 0 Å². The van der Waals surface area contributed by atoms with Gasteiger partial charge in [0.1, 0.15) is 5.75 Å². The molecule has 2 aromatic rings. The first-order chi connectivity index (χ1) is 11.8. The van der Waals surface area contributed by atoms with E-state index in [1.165, 1.54) is 32.1 Å². The predicted octanol–water partition coefficient (Wildman–Crippen LogP) is 3.56. The quantitative estimate of drug-likeness (QED) is 0.864. The van der Waals surface area contributed by atoms with E-state index >= 15 is 0 Å². The van der Waals surface area contributed by atoms with Gasteiger partial charge in [0.25, 0.3) is 0 Å². The molecule has 1 aliphatic heterocycles. The number of benzene rings is 1. The van der Waals surface area contributed by atoms with Gasteiger partial charge >= 0.3 is 0 Å². The molecular weight excluding hydrogens is 300 g/mol. The van der Waals surface area contributed by atoms with Gasteiger partial charge in [0.05, 0.1) is 19.0 Å². The number of aromatic nitrogens is 3. The number of fused-ring (bicyclic) bond motifs is 1. The van der Waals surface area contributed by atoms with Crippen molar-refractivity contribution in [3.05, 3.63) is 30.5 Å². The minimum Gasteiger partial charge on any atom is -0.497 e. The van der Waals surface area contributed by atoms with Crippen LogP contribution in [-0.2, 0) is 0 Å². The maximum Gasteiger partial charge on any atom is 0.245 e. The van der Waals surface area contributed by atoms with Gasteiger partial charge in [-0.1, -0.05) is 19.3 Å². The van der Waals surface area contributed by atoms with Crippen LogP contribution >= 0.6 is 0 Å². The van der Waals surface area contributed by atoms with E-state index < -0.39 is 0 Å². The van der Waals surface area contributed by atoms with E-state index in [0.717, 1.165) is 47.9 Å². The molecule has 2 heterocycles. The molecule has 5 nitrogen and oxygen atoms in total. The summed E-state index contributed by atoms with van der Waals surface area (Å²) in [5.74, 6) is 3.33. The van der Waals surface area contributed by atoms with E-state index in [1.54, 1.807) is 13.3 Å². The number of piperidine rings is 1. The van der Waals surface area contributed by atoms with E-state index in [9.17, 15) is 0 Å². The Hall–Kier alpha value is -2.17. The van der Waals surface area contributed by atoms with Crippen molar-refractivity contribution in [3.63, 3.8) is 0 Å². The van der Waals surface area contributed by atoms with Crippen molar-refractivity contribution in [2.24, 2.45) is 11.8 Å². The van der Waals surface area contributed by atoms with Crippen LogP contribution in [0.25, 0.3) is 11.3 Å². The number of anilines is 1. The van der Waals surface area contributed by atoms with Gasteiger partial charge in [-0.25, -0.2) is 4.98 Å². The van der Waals surface area contributed by atoms with Crippen LogP contribution in [0.3, 0.4) is 0 Å². The standard InChI is InChI=1S/C19H24N4O/c1-24-17-8-6-15(7-9-17)18-12-20-22-19(21-18)23-11-10-14-4-2-3-5-16(14)13-23/h6-9,12,14,16H,2-5,10-11,13H2,1H3/t14-,16-/m0/s1. The van der Waals surface area contributed by atoms with E-state index in [2.05, 4.69) is 15.1 Å². The Morgan fingerprint density at radius 3 is 2.62 bits per heavy atom. The molecule has 0 radical (unpaired) electrons. The molecule has 5 heteroatoms. The number of nitrogens with zero attached hydrogens (tertiary/aromatic N) is 4. The Morgan fingerprint density at radius 1 is 1.04 bits per heavy atom. The van der Waals surface area contributed by atoms with Gasteiger partial charge in [0.15, 0.2) is 0 Å². The molecule has 1 aromatic heterocycles. The maximum atomic E-state index is 5.22. The lowest BCUT2D eigenvalue weighted by molar-refractivity contribution is 0.201. The predicted molar refractivity (Wildman–Crippen MR) is 94.1 cm³/mol. The first-order valence-electron chi connectivity index (χ1n) is 8.92. The van der Waals surface area contributed by atoms with Crippen molar-refractivity contribution in [3.8, 4) is 17.0 Å². The smallest absolute Gasteiger partial charge is 0.245 e. The molecule has 0 amide bonds. The molecule has 126 valence electrons. The highest BCUT2D eigenvalue weighted by molar-refractivity contribution is 5.60. The van der Waals surface area contributed by atoms with Crippen molar-refractivity contribution < 1.29 is 4.74 Å². The Bertz CT molecular complexity index is 688. The average molecular weight is 324 g/mol. The second kappa shape index (κ2) is 6.75. The third-order valence-corrected chi connectivity index (χ3v) is 5.51. The molecule has 2 fully saturated rings. The summed E-state index contributed by atoms with van der Waals surface area (Å²) in [7, 11) is 1.67. The lowest BCUT2D eigenvalue weighted by atomic mass is 9.75. The minimum absolute atomic E-state index is 0.771. The van der Waals surface area contributed by atoms with E-state index in [4.69, 9.17) is 9.72 Å². The van der Waals surface area contributed by atoms with Crippen LogP contribution in [-0.4, -0.2) is 35.4 Å². The van der Waals surface area contributed by atoms with E-state index in [0.29, 0.717) is 0 Å². The Kier molecular flexibility index (Phi) is 4.32. The van der Waals surface area contributed by atoms with E-state index in [1.807, 2.05) is 24.3 Å². The zero-order chi connectivity index (χ0) is 16.4. The number of hydrogen-bond donors (Lipinski definition) is 0. The third-order valence-electron chi connectivity index (χ3n) is 5.51. The topological polar surface area (TPSA) is 51.1 Å². The third kappa shape index (κ3) is 3.07. The molecule has 2 atom stereocenters. The summed E-state index contributed by atoms with van der Waals surface area (Å²) in [5, 5.41) is 8.50. The summed E-state index contributed by atoms with van der Waals surface area (Å²) in [5.41, 5.74) is 1.91. The van der Waals surface area contributed by atoms with Gasteiger partial charge in [0.2, 0.25) is 5.95 Å². The minimum atomic E-state index is 0.771. The molecular formula is C19H24N4O. The summed E-state index contributed by atoms with van der Waals surface area (Å²) in [6.45, 7) is 2.13. The zero-order valence-electron chi connectivity index (χ0n) is 14.2. The highest BCUT2D eigenvalue weighted by atomic mass is 16.5. The highest BCUT2D eigenvalue weighted by Crippen LogP contribution is 2.37. The van der Waals surface area contributed by atoms with Crippen LogP contribution < -0.4 is 9.64 Å². The summed E-state index contributed by atoms with van der Waals surface area (Å²) < 4.78 is 5.22. The van der Waals surface area contributed by atoms with Gasteiger partial charge in [0, 0.05) is 18.7 Å². The molecule has 2 aliphatic rings. The molecule has 0 unspecified atom stereocenters. The monoisotopic (exact) mass is 324 g/mol. The fraction of sp³-hybridized carbons (Fsp3) is 0.526. The summed E-state index contributed by atoms with van der Waals surface area (Å²) in [6, 6.07) is 7.93. The fourth-order valence-corrected chi connectivity index (χ4v) is 4.11.